The van der Waals surface area contributed by atoms with Crippen LogP contribution in [0.4, 0.5) is 0 Å². The van der Waals surface area contributed by atoms with Crippen molar-refractivity contribution in [1.29, 1.82) is 0 Å². The van der Waals surface area contributed by atoms with Crippen molar-refractivity contribution in [3.63, 3.8) is 0 Å². The third kappa shape index (κ3) is 5.70. The zero-order chi connectivity index (χ0) is 21.5. The van der Waals surface area contributed by atoms with Crippen LogP contribution in [0, 0.1) is 5.92 Å². The topological polar surface area (TPSA) is 67.4 Å². The van der Waals surface area contributed by atoms with Crippen molar-refractivity contribution in [3.8, 4) is 16.9 Å². The molecule has 2 amide bonds. The zero-order valence-electron chi connectivity index (χ0n) is 16.8. The van der Waals surface area contributed by atoms with E-state index in [9.17, 15) is 9.59 Å². The third-order valence-corrected chi connectivity index (χ3v) is 4.93. The molecule has 0 saturated heterocycles. The summed E-state index contributed by atoms with van der Waals surface area (Å²) in [6.07, 6.45) is 0. The number of nitrogens with one attached hydrogen (secondary N) is 2. The van der Waals surface area contributed by atoms with E-state index in [1.54, 1.807) is 30.3 Å². The lowest BCUT2D eigenvalue weighted by atomic mass is 10.0. The summed E-state index contributed by atoms with van der Waals surface area (Å²) >= 11 is 3.42. The molecule has 0 bridgehead atoms. The summed E-state index contributed by atoms with van der Waals surface area (Å²) in [5.41, 5.74) is 7.83. The number of ether oxygens (including phenoxy) is 1. The van der Waals surface area contributed by atoms with Gasteiger partial charge in [0.05, 0.1) is 11.1 Å². The molecule has 3 aromatic carbocycles. The number of halogens is 1. The van der Waals surface area contributed by atoms with E-state index < -0.39 is 5.91 Å². The fourth-order valence-electron chi connectivity index (χ4n) is 2.72. The molecule has 3 rings (SSSR count). The first-order valence-electron chi connectivity index (χ1n) is 9.62. The van der Waals surface area contributed by atoms with E-state index in [0.29, 0.717) is 33.9 Å². The van der Waals surface area contributed by atoms with Crippen LogP contribution in [0.2, 0.25) is 0 Å². The van der Waals surface area contributed by atoms with Gasteiger partial charge in [-0.2, -0.15) is 0 Å². The average molecular weight is 467 g/mol. The van der Waals surface area contributed by atoms with Crippen molar-refractivity contribution in [1.82, 2.24) is 10.9 Å². The minimum Gasteiger partial charge on any atom is -0.492 e. The average Bonchev–Trinajstić information content (AvgIpc) is 2.77. The van der Waals surface area contributed by atoms with E-state index in [2.05, 4.69) is 40.6 Å². The zero-order valence-corrected chi connectivity index (χ0v) is 18.4. The minimum atomic E-state index is -0.416. The van der Waals surface area contributed by atoms with Gasteiger partial charge in [-0.05, 0) is 63.3 Å². The first kappa shape index (κ1) is 21.6. The normalized spacial score (nSPS) is 10.5. The molecule has 5 nitrogen and oxygen atoms in total. The number of carbonyl (C=O) groups is 2. The third-order valence-electron chi connectivity index (χ3n) is 4.31. The lowest BCUT2D eigenvalue weighted by Gasteiger charge is -2.12. The molecule has 0 fully saturated rings. The predicted octanol–water partition coefficient (Wildman–Crippen LogP) is 5.23. The van der Waals surface area contributed by atoms with Gasteiger partial charge in [-0.1, -0.05) is 56.3 Å². The summed E-state index contributed by atoms with van der Waals surface area (Å²) in [5.74, 6) is 0.263. The second-order valence-electron chi connectivity index (χ2n) is 7.20. The monoisotopic (exact) mass is 466 g/mol. The van der Waals surface area contributed by atoms with Gasteiger partial charge in [-0.25, -0.2) is 0 Å². The molecule has 0 aliphatic carbocycles. The highest BCUT2D eigenvalue weighted by Gasteiger charge is 2.12. The van der Waals surface area contributed by atoms with E-state index in [0.717, 1.165) is 11.1 Å². The van der Waals surface area contributed by atoms with Gasteiger partial charge in [-0.3, -0.25) is 20.4 Å². The molecule has 0 atom stereocenters. The summed E-state index contributed by atoms with van der Waals surface area (Å²) in [6, 6.07) is 22.1. The van der Waals surface area contributed by atoms with Crippen molar-refractivity contribution in [2.45, 2.75) is 13.8 Å². The summed E-state index contributed by atoms with van der Waals surface area (Å²) in [7, 11) is 0. The van der Waals surface area contributed by atoms with E-state index in [4.69, 9.17) is 4.74 Å². The highest BCUT2D eigenvalue weighted by molar-refractivity contribution is 9.10. The van der Waals surface area contributed by atoms with Gasteiger partial charge >= 0.3 is 0 Å². The van der Waals surface area contributed by atoms with Gasteiger partial charge in [0.25, 0.3) is 11.8 Å². The Labute approximate surface area is 184 Å². The van der Waals surface area contributed by atoms with Crippen molar-refractivity contribution < 1.29 is 14.3 Å². The SMILES string of the molecule is CC(C)COc1ccc(C(=O)NNC(=O)c2ccc(-c3ccccc3)cc2)cc1Br. The molecule has 0 aromatic heterocycles. The molecule has 0 radical (unpaired) electrons. The van der Waals surface area contributed by atoms with Crippen LogP contribution in [0.1, 0.15) is 34.6 Å². The van der Waals surface area contributed by atoms with Crippen LogP contribution in [0.3, 0.4) is 0 Å². The number of hydrogen-bond acceptors (Lipinski definition) is 3. The van der Waals surface area contributed by atoms with Crippen LogP contribution in [0.25, 0.3) is 11.1 Å². The Morgan fingerprint density at radius 3 is 2.00 bits per heavy atom. The molecule has 0 unspecified atom stereocenters. The first-order valence-corrected chi connectivity index (χ1v) is 10.4. The van der Waals surface area contributed by atoms with Gasteiger partial charge in [-0.15, -0.1) is 0 Å². The van der Waals surface area contributed by atoms with E-state index in [1.165, 1.54) is 0 Å². The van der Waals surface area contributed by atoms with Gasteiger partial charge in [0.15, 0.2) is 0 Å². The Kier molecular flexibility index (Phi) is 7.25. The Bertz CT molecular complexity index is 1020. The van der Waals surface area contributed by atoms with Crippen molar-refractivity contribution >= 4 is 27.7 Å². The maximum Gasteiger partial charge on any atom is 0.269 e. The van der Waals surface area contributed by atoms with Crippen LogP contribution in [0.5, 0.6) is 5.75 Å². The molecule has 0 aliphatic heterocycles. The molecule has 0 saturated carbocycles. The molecular weight excluding hydrogens is 444 g/mol. The molecule has 2 N–H and O–H groups in total. The highest BCUT2D eigenvalue weighted by atomic mass is 79.9. The Balaban J connectivity index is 1.58. The van der Waals surface area contributed by atoms with Crippen molar-refractivity contribution in [3.05, 3.63) is 88.4 Å². The van der Waals surface area contributed by atoms with Crippen LogP contribution in [-0.2, 0) is 0 Å². The summed E-state index contributed by atoms with van der Waals surface area (Å²) in [4.78, 5) is 24.7. The van der Waals surface area contributed by atoms with Gasteiger partial charge in [0, 0.05) is 11.1 Å². The lowest BCUT2D eigenvalue weighted by Crippen LogP contribution is -2.41. The highest BCUT2D eigenvalue weighted by Crippen LogP contribution is 2.26. The molecule has 3 aromatic rings. The first-order chi connectivity index (χ1) is 14.4. The van der Waals surface area contributed by atoms with Crippen LogP contribution >= 0.6 is 15.9 Å². The molecule has 30 heavy (non-hydrogen) atoms. The number of hydrazine groups is 1. The van der Waals surface area contributed by atoms with E-state index in [1.807, 2.05) is 42.5 Å². The minimum absolute atomic E-state index is 0.390. The number of benzene rings is 3. The summed E-state index contributed by atoms with van der Waals surface area (Å²) in [5, 5.41) is 0. The summed E-state index contributed by atoms with van der Waals surface area (Å²) < 4.78 is 6.36. The standard InChI is InChI=1S/C24H23BrN2O3/c1-16(2)15-30-22-13-12-20(14-21(22)25)24(29)27-26-23(28)19-10-8-18(9-11-19)17-6-4-3-5-7-17/h3-14,16H,15H2,1-2H3,(H,26,28)(H,27,29). The Morgan fingerprint density at radius 1 is 0.833 bits per heavy atom. The van der Waals surface area contributed by atoms with Crippen molar-refractivity contribution in [2.24, 2.45) is 5.92 Å². The lowest BCUT2D eigenvalue weighted by molar-refractivity contribution is 0.0846. The van der Waals surface area contributed by atoms with Crippen LogP contribution in [0.15, 0.2) is 77.3 Å². The smallest absolute Gasteiger partial charge is 0.269 e. The Morgan fingerprint density at radius 2 is 1.40 bits per heavy atom. The maximum atomic E-state index is 12.4. The largest absolute Gasteiger partial charge is 0.492 e. The van der Waals surface area contributed by atoms with Crippen molar-refractivity contribution in [2.75, 3.05) is 6.61 Å². The maximum absolute atomic E-state index is 12.4. The molecular formula is C24H23BrN2O3. The molecule has 6 heteroatoms. The number of carbonyl (C=O) groups excluding carboxylic acids is 2. The van der Waals surface area contributed by atoms with E-state index in [-0.39, 0.29) is 5.91 Å². The number of amides is 2. The second-order valence-corrected chi connectivity index (χ2v) is 8.06. The fraction of sp³-hybridized carbons (Fsp3) is 0.167. The quantitative estimate of drug-likeness (QED) is 0.489. The van der Waals surface area contributed by atoms with Gasteiger partial charge in [0.1, 0.15) is 5.75 Å². The predicted molar refractivity (Wildman–Crippen MR) is 121 cm³/mol. The second kappa shape index (κ2) is 10.1. The molecule has 154 valence electrons. The van der Waals surface area contributed by atoms with Crippen LogP contribution in [-0.4, -0.2) is 18.4 Å². The summed E-state index contributed by atoms with van der Waals surface area (Å²) in [6.45, 7) is 4.71. The molecule has 0 heterocycles. The van der Waals surface area contributed by atoms with Crippen LogP contribution < -0.4 is 15.6 Å². The number of rotatable bonds is 6. The van der Waals surface area contributed by atoms with Gasteiger partial charge in [0.2, 0.25) is 0 Å². The Hall–Kier alpha value is -3.12. The molecule has 0 aliphatic rings. The van der Waals surface area contributed by atoms with Gasteiger partial charge < -0.3 is 4.74 Å². The van der Waals surface area contributed by atoms with E-state index >= 15 is 0 Å². The molecule has 0 spiro atoms. The fourth-order valence-corrected chi connectivity index (χ4v) is 3.21. The number of hydrogen-bond donors (Lipinski definition) is 2.